The van der Waals surface area contributed by atoms with E-state index >= 15 is 4.39 Å². The van der Waals surface area contributed by atoms with Crippen molar-refractivity contribution in [2.45, 2.75) is 18.9 Å². The van der Waals surface area contributed by atoms with Gasteiger partial charge in [-0.25, -0.2) is 9.18 Å². The van der Waals surface area contributed by atoms with Crippen molar-refractivity contribution in [2.75, 3.05) is 18.1 Å². The minimum atomic E-state index is -1.35. The third-order valence-corrected chi connectivity index (χ3v) is 6.21. The number of rotatable bonds is 6. The van der Waals surface area contributed by atoms with Crippen LogP contribution in [0.5, 0.6) is 5.75 Å². The minimum absolute atomic E-state index is 0.0256. The van der Waals surface area contributed by atoms with Crippen LogP contribution >= 0.6 is 0 Å². The van der Waals surface area contributed by atoms with Gasteiger partial charge >= 0.3 is 5.97 Å². The molecular weight excluding hydrogens is 435 g/mol. The van der Waals surface area contributed by atoms with Crippen molar-refractivity contribution in [2.24, 2.45) is 0 Å². The highest BCUT2D eigenvalue weighted by Crippen LogP contribution is 2.32. The molecule has 1 saturated heterocycles. The van der Waals surface area contributed by atoms with Gasteiger partial charge in [0.1, 0.15) is 23.7 Å². The van der Waals surface area contributed by atoms with Crippen molar-refractivity contribution in [3.63, 3.8) is 0 Å². The number of para-hydroxylation sites is 2. The lowest BCUT2D eigenvalue weighted by atomic mass is 10.1. The Balaban J connectivity index is 1.59. The molecule has 0 bridgehead atoms. The van der Waals surface area contributed by atoms with Crippen molar-refractivity contribution in [3.8, 4) is 11.4 Å². The molecule has 1 N–H and O–H groups in total. The Kier molecular flexibility index (Phi) is 5.76. The van der Waals surface area contributed by atoms with Gasteiger partial charge in [-0.05, 0) is 49.2 Å². The Bertz CT molecular complexity index is 1400. The summed E-state index contributed by atoms with van der Waals surface area (Å²) in [6.07, 6.45) is 3.06. The van der Waals surface area contributed by atoms with E-state index < -0.39 is 22.8 Å². The summed E-state index contributed by atoms with van der Waals surface area (Å²) in [7, 11) is 0. The van der Waals surface area contributed by atoms with Crippen LogP contribution < -0.4 is 15.1 Å². The van der Waals surface area contributed by atoms with Crippen LogP contribution in [0.15, 0.2) is 83.8 Å². The Morgan fingerprint density at radius 3 is 2.47 bits per heavy atom. The molecule has 1 aliphatic heterocycles. The summed E-state index contributed by atoms with van der Waals surface area (Å²) < 4.78 is 22.9. The van der Waals surface area contributed by atoms with E-state index in [1.54, 1.807) is 10.6 Å². The molecule has 1 fully saturated rings. The highest BCUT2D eigenvalue weighted by Gasteiger charge is 2.29. The van der Waals surface area contributed by atoms with Crippen molar-refractivity contribution in [1.29, 1.82) is 0 Å². The van der Waals surface area contributed by atoms with Crippen molar-refractivity contribution >= 4 is 22.6 Å². The van der Waals surface area contributed by atoms with Crippen molar-refractivity contribution in [3.05, 3.63) is 101 Å². The quantitative estimate of drug-likeness (QED) is 0.446. The molecule has 1 aromatic heterocycles. The van der Waals surface area contributed by atoms with Gasteiger partial charge in [-0.3, -0.25) is 4.79 Å². The van der Waals surface area contributed by atoms with E-state index in [2.05, 4.69) is 0 Å². The molecular formula is C27H23FN2O4. The SMILES string of the molecule is O=C(O)c1cn(-c2ccccc2)c2cc(N3CCC[C@@H]3COc3ccccc3)c(F)cc2c1=O. The topological polar surface area (TPSA) is 71.8 Å². The maximum Gasteiger partial charge on any atom is 0.341 e. The average Bonchev–Trinajstić information content (AvgIpc) is 3.32. The molecule has 6 nitrogen and oxygen atoms in total. The first kappa shape index (κ1) is 21.7. The Hall–Kier alpha value is -4.13. The highest BCUT2D eigenvalue weighted by molar-refractivity contribution is 5.94. The number of hydrogen-bond donors (Lipinski definition) is 1. The van der Waals surface area contributed by atoms with Gasteiger partial charge in [0.25, 0.3) is 0 Å². The van der Waals surface area contributed by atoms with Gasteiger partial charge in [-0.2, -0.15) is 0 Å². The van der Waals surface area contributed by atoms with E-state index in [4.69, 9.17) is 4.74 Å². The number of pyridine rings is 1. The minimum Gasteiger partial charge on any atom is -0.491 e. The molecule has 0 amide bonds. The van der Waals surface area contributed by atoms with Crippen LogP contribution in [0.3, 0.4) is 0 Å². The summed E-state index contributed by atoms with van der Waals surface area (Å²) in [4.78, 5) is 26.6. The fraction of sp³-hybridized carbons (Fsp3) is 0.185. The number of aromatic nitrogens is 1. The van der Waals surface area contributed by atoms with Crippen LogP contribution in [0, 0.1) is 5.82 Å². The molecule has 0 spiro atoms. The molecule has 3 aromatic carbocycles. The molecule has 5 rings (SSSR count). The largest absolute Gasteiger partial charge is 0.491 e. The zero-order chi connectivity index (χ0) is 23.7. The van der Waals surface area contributed by atoms with E-state index in [1.165, 1.54) is 6.20 Å². The molecule has 0 saturated carbocycles. The Labute approximate surface area is 195 Å². The van der Waals surface area contributed by atoms with Crippen LogP contribution in [0.2, 0.25) is 0 Å². The molecule has 4 aromatic rings. The van der Waals surface area contributed by atoms with E-state index in [1.807, 2.05) is 65.6 Å². The number of nitrogens with zero attached hydrogens (tertiary/aromatic N) is 2. The number of halogens is 1. The van der Waals surface area contributed by atoms with Crippen LogP contribution in [-0.4, -0.2) is 34.8 Å². The summed E-state index contributed by atoms with van der Waals surface area (Å²) in [6, 6.07) is 21.4. The lowest BCUT2D eigenvalue weighted by molar-refractivity contribution is 0.0695. The van der Waals surface area contributed by atoms with Gasteiger partial charge in [0.15, 0.2) is 0 Å². The smallest absolute Gasteiger partial charge is 0.341 e. The van der Waals surface area contributed by atoms with E-state index in [9.17, 15) is 14.7 Å². The zero-order valence-electron chi connectivity index (χ0n) is 18.4. The standard InChI is InChI=1S/C27H23FN2O4/c28-23-14-21-24(30(18-8-3-1-4-9-18)16-22(26(21)31)27(32)33)15-25(23)29-13-7-10-19(29)17-34-20-11-5-2-6-12-20/h1-6,8-9,11-12,14-16,19H,7,10,13,17H2,(H,32,33)/t19-/m1/s1. The Morgan fingerprint density at radius 2 is 1.76 bits per heavy atom. The first-order valence-corrected chi connectivity index (χ1v) is 11.1. The maximum absolute atomic E-state index is 15.4. The van der Waals surface area contributed by atoms with Crippen molar-refractivity contribution < 1.29 is 19.0 Å². The summed E-state index contributed by atoms with van der Waals surface area (Å²) in [6.45, 7) is 1.07. The fourth-order valence-corrected chi connectivity index (χ4v) is 4.54. The highest BCUT2D eigenvalue weighted by atomic mass is 19.1. The number of ether oxygens (including phenoxy) is 1. The normalized spacial score (nSPS) is 15.6. The first-order valence-electron chi connectivity index (χ1n) is 11.1. The number of carbonyl (C=O) groups is 1. The number of hydrogen-bond acceptors (Lipinski definition) is 4. The predicted octanol–water partition coefficient (Wildman–Crippen LogP) is 4.88. The number of anilines is 1. The summed E-state index contributed by atoms with van der Waals surface area (Å²) in [5, 5.41) is 9.58. The van der Waals surface area contributed by atoms with Crippen LogP contribution in [-0.2, 0) is 0 Å². The second kappa shape index (κ2) is 9.02. The summed E-state index contributed by atoms with van der Waals surface area (Å²) >= 11 is 0. The van der Waals surface area contributed by atoms with Crippen LogP contribution in [0.1, 0.15) is 23.2 Å². The average molecular weight is 458 g/mol. The number of fused-ring (bicyclic) bond motifs is 1. The maximum atomic E-state index is 15.4. The molecule has 2 heterocycles. The third kappa shape index (κ3) is 4.01. The number of benzene rings is 3. The zero-order valence-corrected chi connectivity index (χ0v) is 18.4. The van der Waals surface area contributed by atoms with Gasteiger partial charge in [-0.1, -0.05) is 36.4 Å². The molecule has 172 valence electrons. The predicted molar refractivity (Wildman–Crippen MR) is 129 cm³/mol. The summed E-state index contributed by atoms with van der Waals surface area (Å²) in [5.74, 6) is -1.15. The molecule has 34 heavy (non-hydrogen) atoms. The Morgan fingerprint density at radius 1 is 1.06 bits per heavy atom. The molecule has 1 atom stereocenters. The second-order valence-corrected chi connectivity index (χ2v) is 8.32. The number of carboxylic acid groups (broad SMARTS) is 1. The number of aromatic carboxylic acids is 1. The van der Waals surface area contributed by atoms with Gasteiger partial charge < -0.3 is 19.3 Å². The molecule has 0 radical (unpaired) electrons. The second-order valence-electron chi connectivity index (χ2n) is 8.32. The lowest BCUT2D eigenvalue weighted by Crippen LogP contribution is -2.35. The molecule has 0 unspecified atom stereocenters. The molecule has 0 aliphatic carbocycles. The fourth-order valence-electron chi connectivity index (χ4n) is 4.54. The van der Waals surface area contributed by atoms with E-state index in [0.717, 1.165) is 24.7 Å². The van der Waals surface area contributed by atoms with Gasteiger partial charge in [0.2, 0.25) is 5.43 Å². The van der Waals surface area contributed by atoms with E-state index in [0.29, 0.717) is 30.0 Å². The molecule has 1 aliphatic rings. The van der Waals surface area contributed by atoms with Crippen LogP contribution in [0.25, 0.3) is 16.6 Å². The number of carboxylic acids is 1. The van der Waals surface area contributed by atoms with Gasteiger partial charge in [0, 0.05) is 23.8 Å². The monoisotopic (exact) mass is 458 g/mol. The van der Waals surface area contributed by atoms with Gasteiger partial charge in [-0.15, -0.1) is 0 Å². The van der Waals surface area contributed by atoms with Crippen molar-refractivity contribution in [1.82, 2.24) is 4.57 Å². The van der Waals surface area contributed by atoms with Gasteiger partial charge in [0.05, 0.1) is 17.2 Å². The third-order valence-electron chi connectivity index (χ3n) is 6.21. The summed E-state index contributed by atoms with van der Waals surface area (Å²) in [5.41, 5.74) is 0.397. The molecule has 7 heteroatoms. The lowest BCUT2D eigenvalue weighted by Gasteiger charge is -2.28. The van der Waals surface area contributed by atoms with Crippen LogP contribution in [0.4, 0.5) is 10.1 Å². The first-order chi connectivity index (χ1) is 16.5. The van der Waals surface area contributed by atoms with E-state index in [-0.39, 0.29) is 11.4 Å².